The number of ether oxygens (including phenoxy) is 1. The van der Waals surface area contributed by atoms with Crippen molar-refractivity contribution in [3.8, 4) is 0 Å². The highest BCUT2D eigenvalue weighted by Crippen LogP contribution is 2.39. The van der Waals surface area contributed by atoms with E-state index >= 15 is 0 Å². The monoisotopic (exact) mass is 486 g/mol. The fraction of sp³-hybridized carbons (Fsp3) is 0.769. The zero-order valence-corrected chi connectivity index (χ0v) is 21.1. The van der Waals surface area contributed by atoms with E-state index in [1.54, 1.807) is 0 Å². The number of aromatic nitrogens is 1. The van der Waals surface area contributed by atoms with Gasteiger partial charge in [-0.05, 0) is 85.0 Å². The largest absolute Gasteiger partial charge is 0.444 e. The highest BCUT2D eigenvalue weighted by molar-refractivity contribution is 5.95. The molecule has 1 aromatic heterocycles. The van der Waals surface area contributed by atoms with E-state index in [1.165, 1.54) is 0 Å². The van der Waals surface area contributed by atoms with Gasteiger partial charge in [0.05, 0.1) is 0 Å². The average Bonchev–Trinajstić information content (AvgIpc) is 3.52. The van der Waals surface area contributed by atoms with E-state index in [-0.39, 0.29) is 29.8 Å². The molecule has 0 unspecified atom stereocenters. The molecule has 5 rings (SSSR count). The van der Waals surface area contributed by atoms with Crippen molar-refractivity contribution in [1.82, 2.24) is 20.7 Å². The summed E-state index contributed by atoms with van der Waals surface area (Å²) >= 11 is 0. The molecular formula is C26H38N4O5. The van der Waals surface area contributed by atoms with Gasteiger partial charge < -0.3 is 24.8 Å². The van der Waals surface area contributed by atoms with Gasteiger partial charge in [0.25, 0.3) is 5.91 Å². The Bertz CT molecular complexity index is 955. The second-order valence-corrected chi connectivity index (χ2v) is 11.8. The molecule has 1 aromatic rings. The van der Waals surface area contributed by atoms with Crippen LogP contribution in [0.25, 0.3) is 0 Å². The van der Waals surface area contributed by atoms with Crippen molar-refractivity contribution >= 4 is 17.9 Å². The minimum absolute atomic E-state index is 0.00258. The molecule has 0 radical (unpaired) electrons. The Morgan fingerprint density at radius 1 is 0.914 bits per heavy atom. The number of nitrogens with one attached hydrogen (secondary N) is 2. The van der Waals surface area contributed by atoms with E-state index in [1.807, 2.05) is 25.7 Å². The predicted molar refractivity (Wildman–Crippen MR) is 128 cm³/mol. The first-order chi connectivity index (χ1) is 16.7. The van der Waals surface area contributed by atoms with Crippen LogP contribution < -0.4 is 10.6 Å². The second-order valence-electron chi connectivity index (χ2n) is 11.8. The number of carbonyl (C=O) groups excluding carboxylic acids is 3. The summed E-state index contributed by atoms with van der Waals surface area (Å²) in [7, 11) is 0. The molecule has 0 spiro atoms. The summed E-state index contributed by atoms with van der Waals surface area (Å²) in [5.74, 6) is 0.801. The molecule has 9 heteroatoms. The average molecular weight is 487 g/mol. The number of rotatable bonds is 4. The van der Waals surface area contributed by atoms with Crippen LogP contribution in [-0.4, -0.2) is 57.7 Å². The number of fused-ring (bicyclic) bond motifs is 3. The number of alkyl carbamates (subject to hydrolysis) is 1. The molecule has 2 saturated heterocycles. The Morgan fingerprint density at radius 3 is 2.20 bits per heavy atom. The maximum atomic E-state index is 13.3. The molecule has 35 heavy (non-hydrogen) atoms. The summed E-state index contributed by atoms with van der Waals surface area (Å²) in [5, 5.41) is 10.3. The standard InChI is InChI=1S/C26H38N4O5/c1-26(2,3)34-25(33)28-16-6-4-15(5-7-16)23(31)27-17-8-13-21-20(14-17)22(29-35-21)24(32)30-18-9-10-19(30)12-11-18/h15-19H,4-14H2,1-3H3,(H,27,31)(H,28,33)/t15?,16?,17-,18?,19?/m0/s1. The fourth-order valence-electron chi connectivity index (χ4n) is 6.35. The maximum Gasteiger partial charge on any atom is 0.407 e. The highest BCUT2D eigenvalue weighted by atomic mass is 16.6. The molecule has 1 atom stereocenters. The Morgan fingerprint density at radius 2 is 1.57 bits per heavy atom. The molecule has 192 valence electrons. The lowest BCUT2D eigenvalue weighted by Crippen LogP contribution is -2.45. The quantitative estimate of drug-likeness (QED) is 0.673. The molecule has 0 aromatic carbocycles. The minimum Gasteiger partial charge on any atom is -0.444 e. The fourth-order valence-corrected chi connectivity index (χ4v) is 6.35. The first-order valence-corrected chi connectivity index (χ1v) is 13.3. The van der Waals surface area contributed by atoms with E-state index in [0.29, 0.717) is 30.6 Å². The molecule has 2 bridgehead atoms. The molecule has 3 heterocycles. The van der Waals surface area contributed by atoms with Gasteiger partial charge in [0, 0.05) is 42.1 Å². The Labute approximate surface area is 206 Å². The first kappa shape index (κ1) is 24.1. The van der Waals surface area contributed by atoms with E-state index < -0.39 is 11.7 Å². The van der Waals surface area contributed by atoms with Crippen molar-refractivity contribution in [3.63, 3.8) is 0 Å². The van der Waals surface area contributed by atoms with Crippen LogP contribution >= 0.6 is 0 Å². The third kappa shape index (κ3) is 5.19. The summed E-state index contributed by atoms with van der Waals surface area (Å²) in [5.41, 5.74) is 0.805. The van der Waals surface area contributed by atoms with Crippen molar-refractivity contribution in [1.29, 1.82) is 0 Å². The van der Waals surface area contributed by atoms with Crippen LogP contribution in [0.5, 0.6) is 0 Å². The number of nitrogens with zero attached hydrogens (tertiary/aromatic N) is 2. The molecule has 2 aliphatic carbocycles. The second kappa shape index (κ2) is 9.47. The number of amides is 3. The Balaban J connectivity index is 1.13. The van der Waals surface area contributed by atoms with Gasteiger partial charge in [-0.2, -0.15) is 0 Å². The number of aryl methyl sites for hydroxylation is 1. The van der Waals surface area contributed by atoms with Gasteiger partial charge >= 0.3 is 6.09 Å². The first-order valence-electron chi connectivity index (χ1n) is 13.3. The van der Waals surface area contributed by atoms with Gasteiger partial charge in [-0.1, -0.05) is 5.16 Å². The van der Waals surface area contributed by atoms with Gasteiger partial charge in [0.2, 0.25) is 5.91 Å². The van der Waals surface area contributed by atoms with Crippen LogP contribution in [-0.2, 0) is 22.4 Å². The molecule has 3 fully saturated rings. The highest BCUT2D eigenvalue weighted by Gasteiger charge is 2.44. The zero-order valence-electron chi connectivity index (χ0n) is 21.1. The normalized spacial score (nSPS) is 30.0. The Hall–Kier alpha value is -2.58. The van der Waals surface area contributed by atoms with Gasteiger partial charge in [-0.25, -0.2) is 4.79 Å². The van der Waals surface area contributed by atoms with Crippen LogP contribution in [0.15, 0.2) is 4.52 Å². The number of hydrogen-bond acceptors (Lipinski definition) is 6. The molecule has 9 nitrogen and oxygen atoms in total. The van der Waals surface area contributed by atoms with E-state index in [2.05, 4.69) is 15.8 Å². The summed E-state index contributed by atoms with van der Waals surface area (Å²) < 4.78 is 10.9. The summed E-state index contributed by atoms with van der Waals surface area (Å²) in [6, 6.07) is 0.712. The van der Waals surface area contributed by atoms with Crippen molar-refractivity contribution in [2.75, 3.05) is 0 Å². The lowest BCUT2D eigenvalue weighted by Gasteiger charge is -2.31. The zero-order chi connectivity index (χ0) is 24.7. The molecular weight excluding hydrogens is 448 g/mol. The summed E-state index contributed by atoms with van der Waals surface area (Å²) in [4.78, 5) is 40.4. The SMILES string of the molecule is CC(C)(C)OC(=O)NC1CCC(C(=O)N[C@H]2CCc3onc(C(=O)N4C5CCC4CC5)c3C2)CC1. The van der Waals surface area contributed by atoms with Gasteiger partial charge in [-0.3, -0.25) is 9.59 Å². The predicted octanol–water partition coefficient (Wildman–Crippen LogP) is 3.50. The third-order valence-corrected chi connectivity index (χ3v) is 8.10. The van der Waals surface area contributed by atoms with Crippen molar-refractivity contribution in [2.45, 2.75) is 121 Å². The molecule has 4 aliphatic rings. The lowest BCUT2D eigenvalue weighted by molar-refractivity contribution is -0.126. The smallest absolute Gasteiger partial charge is 0.407 e. The molecule has 3 amide bonds. The van der Waals surface area contributed by atoms with Gasteiger partial charge in [0.15, 0.2) is 5.69 Å². The van der Waals surface area contributed by atoms with Crippen molar-refractivity contribution in [2.24, 2.45) is 5.92 Å². The molecule has 1 saturated carbocycles. The van der Waals surface area contributed by atoms with Crippen LogP contribution in [0.3, 0.4) is 0 Å². The van der Waals surface area contributed by atoms with Crippen LogP contribution in [0, 0.1) is 5.92 Å². The van der Waals surface area contributed by atoms with Gasteiger partial charge in [0.1, 0.15) is 11.4 Å². The van der Waals surface area contributed by atoms with Crippen LogP contribution in [0.2, 0.25) is 0 Å². The van der Waals surface area contributed by atoms with Crippen LogP contribution in [0.1, 0.15) is 100 Å². The number of hydrogen-bond donors (Lipinski definition) is 2. The maximum absolute atomic E-state index is 13.3. The lowest BCUT2D eigenvalue weighted by atomic mass is 9.84. The van der Waals surface area contributed by atoms with Crippen molar-refractivity contribution < 1.29 is 23.6 Å². The molecule has 2 aliphatic heterocycles. The number of carbonyl (C=O) groups is 3. The minimum atomic E-state index is -0.524. The van der Waals surface area contributed by atoms with Crippen molar-refractivity contribution in [3.05, 3.63) is 17.0 Å². The Kier molecular flexibility index (Phi) is 6.53. The summed E-state index contributed by atoms with van der Waals surface area (Å²) in [6.45, 7) is 5.53. The summed E-state index contributed by atoms with van der Waals surface area (Å²) in [6.07, 6.45) is 8.99. The van der Waals surface area contributed by atoms with E-state index in [9.17, 15) is 14.4 Å². The van der Waals surface area contributed by atoms with E-state index in [4.69, 9.17) is 9.26 Å². The topological polar surface area (TPSA) is 114 Å². The van der Waals surface area contributed by atoms with Gasteiger partial charge in [-0.15, -0.1) is 0 Å². The third-order valence-electron chi connectivity index (χ3n) is 8.10. The molecule has 2 N–H and O–H groups in total. The van der Waals surface area contributed by atoms with E-state index in [0.717, 1.165) is 69.1 Å². The van der Waals surface area contributed by atoms with Crippen LogP contribution in [0.4, 0.5) is 4.79 Å².